The first-order valence-electron chi connectivity index (χ1n) is 11.1. The van der Waals surface area contributed by atoms with Crippen molar-refractivity contribution in [1.29, 1.82) is 0 Å². The quantitative estimate of drug-likeness (QED) is 0.390. The summed E-state index contributed by atoms with van der Waals surface area (Å²) >= 11 is 0. The summed E-state index contributed by atoms with van der Waals surface area (Å²) in [7, 11) is 4.06. The lowest BCUT2D eigenvalue weighted by atomic mass is 9.98. The van der Waals surface area contributed by atoms with E-state index in [0.717, 1.165) is 23.4 Å². The van der Waals surface area contributed by atoms with Crippen molar-refractivity contribution in [1.82, 2.24) is 10.2 Å². The van der Waals surface area contributed by atoms with E-state index in [9.17, 15) is 9.59 Å². The lowest BCUT2D eigenvalue weighted by molar-refractivity contribution is -0.110. The first-order valence-corrected chi connectivity index (χ1v) is 11.1. The highest BCUT2D eigenvalue weighted by Gasteiger charge is 2.29. The van der Waals surface area contributed by atoms with E-state index in [-0.39, 0.29) is 25.0 Å². The maximum absolute atomic E-state index is 13.1. The van der Waals surface area contributed by atoms with Gasteiger partial charge in [0.1, 0.15) is 0 Å². The van der Waals surface area contributed by atoms with E-state index in [1.807, 2.05) is 56.6 Å². The molecule has 0 aliphatic carbocycles. The van der Waals surface area contributed by atoms with Gasteiger partial charge in [-0.25, -0.2) is 0 Å². The van der Waals surface area contributed by atoms with Crippen molar-refractivity contribution in [2.45, 2.75) is 6.54 Å². The molecule has 3 aromatic carbocycles. The number of benzene rings is 3. The molecule has 0 bridgehead atoms. The first kappa shape index (κ1) is 23.2. The summed E-state index contributed by atoms with van der Waals surface area (Å²) in [6.07, 6.45) is 0. The van der Waals surface area contributed by atoms with Gasteiger partial charge in [-0.2, -0.15) is 0 Å². The van der Waals surface area contributed by atoms with Crippen molar-refractivity contribution in [3.63, 3.8) is 0 Å². The van der Waals surface area contributed by atoms with Crippen LogP contribution in [0, 0.1) is 0 Å². The summed E-state index contributed by atoms with van der Waals surface area (Å²) in [6, 6.07) is 23.0. The summed E-state index contributed by atoms with van der Waals surface area (Å²) < 4.78 is 0. The van der Waals surface area contributed by atoms with Gasteiger partial charge in [0.25, 0.3) is 11.8 Å². The predicted octanol–water partition coefficient (Wildman–Crippen LogP) is 3.40. The minimum atomic E-state index is -0.303. The number of rotatable bonds is 8. The molecule has 0 saturated carbocycles. The number of anilines is 2. The lowest BCUT2D eigenvalue weighted by Gasteiger charge is -2.16. The van der Waals surface area contributed by atoms with Crippen LogP contribution >= 0.6 is 0 Å². The Morgan fingerprint density at radius 3 is 2.38 bits per heavy atom. The molecule has 0 saturated heterocycles. The number of hydrogen-bond donors (Lipinski definition) is 4. The van der Waals surface area contributed by atoms with Gasteiger partial charge < -0.3 is 26.0 Å². The number of aliphatic hydroxyl groups is 1. The minimum Gasteiger partial charge on any atom is -0.395 e. The van der Waals surface area contributed by atoms with Crippen LogP contribution in [0.4, 0.5) is 11.4 Å². The molecule has 0 radical (unpaired) electrons. The van der Waals surface area contributed by atoms with E-state index in [1.165, 1.54) is 5.56 Å². The largest absolute Gasteiger partial charge is 0.395 e. The zero-order valence-corrected chi connectivity index (χ0v) is 19.3. The molecule has 2 amide bonds. The summed E-state index contributed by atoms with van der Waals surface area (Å²) in [5, 5.41) is 17.9. The van der Waals surface area contributed by atoms with Gasteiger partial charge in [-0.3, -0.25) is 9.59 Å². The molecule has 4 rings (SSSR count). The van der Waals surface area contributed by atoms with Crippen LogP contribution in [0.15, 0.2) is 72.8 Å². The van der Waals surface area contributed by atoms with E-state index >= 15 is 0 Å². The van der Waals surface area contributed by atoms with Crippen molar-refractivity contribution in [2.24, 2.45) is 0 Å². The summed E-state index contributed by atoms with van der Waals surface area (Å²) in [6.45, 7) is 0.877. The first-order chi connectivity index (χ1) is 16.5. The SMILES string of the molecule is CN(C)Cc1ccc(N/C(=C2\C(=O)Nc3cc(C(=O)NCCO)ccc32)c2ccccc2)cc1. The Hall–Kier alpha value is -3.94. The maximum Gasteiger partial charge on any atom is 0.258 e. The van der Waals surface area contributed by atoms with Crippen LogP contribution in [0.1, 0.15) is 27.0 Å². The highest BCUT2D eigenvalue weighted by molar-refractivity contribution is 6.37. The summed E-state index contributed by atoms with van der Waals surface area (Å²) in [4.78, 5) is 27.5. The zero-order chi connectivity index (χ0) is 24.1. The lowest BCUT2D eigenvalue weighted by Crippen LogP contribution is -2.26. The van der Waals surface area contributed by atoms with Crippen LogP contribution in [0.25, 0.3) is 11.3 Å². The molecule has 0 fully saturated rings. The van der Waals surface area contributed by atoms with Gasteiger partial charge in [0.15, 0.2) is 0 Å². The predicted molar refractivity (Wildman–Crippen MR) is 135 cm³/mol. The highest BCUT2D eigenvalue weighted by atomic mass is 16.3. The van der Waals surface area contributed by atoms with E-state index in [1.54, 1.807) is 18.2 Å². The molecule has 4 N–H and O–H groups in total. The standard InChI is InChI=1S/C27H28N4O3/c1-31(2)17-18-8-11-21(12-9-18)29-25(19-6-4-3-5-7-19)24-22-13-10-20(26(33)28-14-15-32)16-23(22)30-27(24)34/h3-13,16,29,32H,14-15,17H2,1-2H3,(H,28,33)(H,30,34)/b25-24-. The van der Waals surface area contributed by atoms with Crippen molar-refractivity contribution in [3.05, 3.63) is 95.1 Å². The van der Waals surface area contributed by atoms with E-state index in [0.29, 0.717) is 22.5 Å². The number of fused-ring (bicyclic) bond motifs is 1. The van der Waals surface area contributed by atoms with Crippen molar-refractivity contribution < 1.29 is 14.7 Å². The van der Waals surface area contributed by atoms with Crippen molar-refractivity contribution >= 4 is 34.5 Å². The fourth-order valence-corrected chi connectivity index (χ4v) is 3.92. The average molecular weight is 457 g/mol. The fraction of sp³-hybridized carbons (Fsp3) is 0.185. The molecule has 1 heterocycles. The topological polar surface area (TPSA) is 93.7 Å². The van der Waals surface area contributed by atoms with E-state index in [4.69, 9.17) is 5.11 Å². The average Bonchev–Trinajstić information content (AvgIpc) is 3.17. The molecule has 7 nitrogen and oxygen atoms in total. The monoisotopic (exact) mass is 456 g/mol. The summed E-state index contributed by atoms with van der Waals surface area (Å²) in [5.41, 5.74) is 5.86. The third-order valence-corrected chi connectivity index (χ3v) is 5.46. The molecule has 174 valence electrons. The second-order valence-electron chi connectivity index (χ2n) is 8.37. The third-order valence-electron chi connectivity index (χ3n) is 5.46. The fourth-order valence-electron chi connectivity index (χ4n) is 3.92. The second-order valence-corrected chi connectivity index (χ2v) is 8.37. The van der Waals surface area contributed by atoms with Crippen LogP contribution < -0.4 is 16.0 Å². The van der Waals surface area contributed by atoms with Crippen LogP contribution in [0.5, 0.6) is 0 Å². The van der Waals surface area contributed by atoms with E-state index in [2.05, 4.69) is 33.0 Å². The molecule has 34 heavy (non-hydrogen) atoms. The normalized spacial score (nSPS) is 13.9. The Labute approximate surface area is 199 Å². The molecule has 0 spiro atoms. The van der Waals surface area contributed by atoms with Crippen LogP contribution in [-0.2, 0) is 11.3 Å². The Morgan fingerprint density at radius 1 is 0.971 bits per heavy atom. The van der Waals surface area contributed by atoms with Gasteiger partial charge in [-0.05, 0) is 49.5 Å². The van der Waals surface area contributed by atoms with Crippen LogP contribution in [0.2, 0.25) is 0 Å². The molecule has 7 heteroatoms. The number of hydrogen-bond acceptors (Lipinski definition) is 5. The molecule has 1 aliphatic rings. The number of aliphatic hydroxyl groups excluding tert-OH is 1. The smallest absolute Gasteiger partial charge is 0.258 e. The number of carbonyl (C=O) groups is 2. The molecule has 1 aliphatic heterocycles. The Balaban J connectivity index is 1.73. The van der Waals surface area contributed by atoms with Gasteiger partial charge in [0.2, 0.25) is 0 Å². The molecular formula is C27H28N4O3. The van der Waals surface area contributed by atoms with Gasteiger partial charge in [0.05, 0.1) is 17.9 Å². The van der Waals surface area contributed by atoms with Gasteiger partial charge in [-0.1, -0.05) is 48.5 Å². The number of amides is 2. The Morgan fingerprint density at radius 2 is 1.71 bits per heavy atom. The van der Waals surface area contributed by atoms with Crippen molar-refractivity contribution in [2.75, 3.05) is 37.9 Å². The maximum atomic E-state index is 13.1. The molecule has 3 aromatic rings. The van der Waals surface area contributed by atoms with Crippen LogP contribution in [-0.4, -0.2) is 49.1 Å². The molecule has 0 atom stereocenters. The molecule has 0 unspecified atom stereocenters. The van der Waals surface area contributed by atoms with Crippen molar-refractivity contribution in [3.8, 4) is 0 Å². The van der Waals surface area contributed by atoms with Gasteiger partial charge >= 0.3 is 0 Å². The summed E-state index contributed by atoms with van der Waals surface area (Å²) in [5.74, 6) is -0.541. The third kappa shape index (κ3) is 5.17. The Bertz CT molecular complexity index is 1220. The highest BCUT2D eigenvalue weighted by Crippen LogP contribution is 2.38. The molecule has 0 aromatic heterocycles. The Kier molecular flexibility index (Phi) is 7.06. The number of nitrogens with one attached hydrogen (secondary N) is 3. The zero-order valence-electron chi connectivity index (χ0n) is 19.3. The second kappa shape index (κ2) is 10.3. The van der Waals surface area contributed by atoms with E-state index < -0.39 is 0 Å². The number of nitrogens with zero attached hydrogens (tertiary/aromatic N) is 1. The van der Waals surface area contributed by atoms with Gasteiger partial charge in [0, 0.05) is 35.6 Å². The van der Waals surface area contributed by atoms with Crippen LogP contribution in [0.3, 0.4) is 0 Å². The van der Waals surface area contributed by atoms with Gasteiger partial charge in [-0.15, -0.1) is 0 Å². The number of carbonyl (C=O) groups excluding carboxylic acids is 2. The minimum absolute atomic E-state index is 0.136. The molecular weight excluding hydrogens is 428 g/mol.